The Morgan fingerprint density at radius 3 is 2.47 bits per heavy atom. The highest BCUT2D eigenvalue weighted by Crippen LogP contribution is 2.02. The van der Waals surface area contributed by atoms with Gasteiger partial charge in [0.25, 0.3) is 0 Å². The number of carboxylic acid groups (broad SMARTS) is 1. The van der Waals surface area contributed by atoms with Gasteiger partial charge in [-0.2, -0.15) is 0 Å². The number of ether oxygens (including phenoxy) is 2. The molecule has 2 N–H and O–H groups in total. The molecule has 0 aromatic heterocycles. The molecule has 2 atom stereocenters. The van der Waals surface area contributed by atoms with Gasteiger partial charge in [0, 0.05) is 7.11 Å². The van der Waals surface area contributed by atoms with E-state index in [1.807, 2.05) is 18.2 Å². The number of benzene rings is 1. The molecule has 0 bridgehead atoms. The molecule has 6 nitrogen and oxygen atoms in total. The van der Waals surface area contributed by atoms with E-state index in [-0.39, 0.29) is 6.61 Å². The van der Waals surface area contributed by atoms with Crippen molar-refractivity contribution in [2.75, 3.05) is 7.11 Å². The van der Waals surface area contributed by atoms with Gasteiger partial charge < -0.3 is 19.9 Å². The summed E-state index contributed by atoms with van der Waals surface area (Å²) in [5.74, 6) is -1.17. The van der Waals surface area contributed by atoms with E-state index >= 15 is 0 Å². The van der Waals surface area contributed by atoms with Gasteiger partial charge in [-0.3, -0.25) is 0 Å². The van der Waals surface area contributed by atoms with Crippen LogP contribution in [0.3, 0.4) is 0 Å². The van der Waals surface area contributed by atoms with Crippen LogP contribution < -0.4 is 5.32 Å². The maximum absolute atomic E-state index is 11.5. The van der Waals surface area contributed by atoms with Crippen LogP contribution in [0.4, 0.5) is 4.79 Å². The predicted molar refractivity (Wildman–Crippen MR) is 67.7 cm³/mol. The number of methoxy groups -OCH3 is 1. The Balaban J connectivity index is 2.47. The summed E-state index contributed by atoms with van der Waals surface area (Å²) in [5, 5.41) is 11.2. The largest absolute Gasteiger partial charge is 0.480 e. The number of carbonyl (C=O) groups is 2. The average molecular weight is 267 g/mol. The fraction of sp³-hybridized carbons (Fsp3) is 0.385. The molecule has 0 aliphatic heterocycles. The van der Waals surface area contributed by atoms with E-state index in [9.17, 15) is 9.59 Å². The quantitative estimate of drug-likeness (QED) is 0.813. The number of amides is 1. The van der Waals surface area contributed by atoms with Crippen molar-refractivity contribution in [1.82, 2.24) is 5.32 Å². The van der Waals surface area contributed by atoms with E-state index in [0.29, 0.717) is 0 Å². The first-order valence-electron chi connectivity index (χ1n) is 5.77. The summed E-state index contributed by atoms with van der Waals surface area (Å²) in [6.07, 6.45) is -1.44. The van der Waals surface area contributed by atoms with Crippen LogP contribution in [0.2, 0.25) is 0 Å². The molecule has 1 amide bonds. The maximum Gasteiger partial charge on any atom is 0.408 e. The van der Waals surface area contributed by atoms with Crippen molar-refractivity contribution in [2.45, 2.75) is 25.7 Å². The van der Waals surface area contributed by atoms with Gasteiger partial charge >= 0.3 is 12.1 Å². The van der Waals surface area contributed by atoms with Crippen LogP contribution in [0.15, 0.2) is 30.3 Å². The zero-order valence-electron chi connectivity index (χ0n) is 10.8. The second-order valence-corrected chi connectivity index (χ2v) is 3.96. The molecule has 104 valence electrons. The van der Waals surface area contributed by atoms with Crippen LogP contribution in [-0.4, -0.2) is 36.4 Å². The zero-order valence-corrected chi connectivity index (χ0v) is 10.8. The smallest absolute Gasteiger partial charge is 0.408 e. The minimum atomic E-state index is -1.17. The molecule has 0 aliphatic carbocycles. The highest BCUT2D eigenvalue weighted by Gasteiger charge is 2.27. The van der Waals surface area contributed by atoms with Crippen molar-refractivity contribution in [3.8, 4) is 0 Å². The lowest BCUT2D eigenvalue weighted by Gasteiger charge is -2.19. The Bertz CT molecular complexity index is 420. The van der Waals surface area contributed by atoms with Crippen LogP contribution >= 0.6 is 0 Å². The third kappa shape index (κ3) is 4.97. The van der Waals surface area contributed by atoms with Crippen LogP contribution in [0.5, 0.6) is 0 Å². The van der Waals surface area contributed by atoms with E-state index in [4.69, 9.17) is 14.6 Å². The second-order valence-electron chi connectivity index (χ2n) is 3.96. The Kier molecular flexibility index (Phi) is 5.81. The van der Waals surface area contributed by atoms with E-state index in [1.54, 1.807) is 19.1 Å². The van der Waals surface area contributed by atoms with Crippen molar-refractivity contribution < 1.29 is 24.2 Å². The lowest BCUT2D eigenvalue weighted by atomic mass is 10.2. The van der Waals surface area contributed by atoms with Crippen molar-refractivity contribution in [2.24, 2.45) is 0 Å². The van der Waals surface area contributed by atoms with Gasteiger partial charge in [-0.15, -0.1) is 0 Å². The topological polar surface area (TPSA) is 84.9 Å². The number of aliphatic carboxylic acids is 1. The van der Waals surface area contributed by atoms with E-state index < -0.39 is 24.2 Å². The van der Waals surface area contributed by atoms with E-state index in [0.717, 1.165) is 5.56 Å². The molecule has 1 rings (SSSR count). The maximum atomic E-state index is 11.5. The fourth-order valence-corrected chi connectivity index (χ4v) is 1.41. The van der Waals surface area contributed by atoms with Gasteiger partial charge in [0.2, 0.25) is 0 Å². The van der Waals surface area contributed by atoms with Crippen molar-refractivity contribution in [3.05, 3.63) is 35.9 Å². The normalized spacial score (nSPS) is 13.4. The Labute approximate surface area is 111 Å². The Morgan fingerprint density at radius 1 is 1.32 bits per heavy atom. The molecule has 1 aromatic carbocycles. The molecular weight excluding hydrogens is 250 g/mol. The van der Waals surface area contributed by atoms with Gasteiger partial charge in [0.1, 0.15) is 6.61 Å². The molecule has 0 radical (unpaired) electrons. The SMILES string of the molecule is CO[C@@H](C)[C@H](NC(=O)OCc1ccccc1)C(=O)O. The molecule has 0 aliphatic rings. The summed E-state index contributed by atoms with van der Waals surface area (Å²) in [5.41, 5.74) is 0.823. The molecule has 1 aromatic rings. The van der Waals surface area contributed by atoms with Gasteiger partial charge in [-0.05, 0) is 12.5 Å². The van der Waals surface area contributed by atoms with Crippen LogP contribution in [-0.2, 0) is 20.9 Å². The predicted octanol–water partition coefficient (Wildman–Crippen LogP) is 1.40. The van der Waals surface area contributed by atoms with E-state index in [1.165, 1.54) is 7.11 Å². The third-order valence-corrected chi connectivity index (χ3v) is 2.59. The first kappa shape index (κ1) is 15.0. The molecule has 0 unspecified atom stereocenters. The van der Waals surface area contributed by atoms with Crippen molar-refractivity contribution >= 4 is 12.1 Å². The summed E-state index contributed by atoms with van der Waals surface area (Å²) in [4.78, 5) is 22.5. The summed E-state index contributed by atoms with van der Waals surface area (Å²) >= 11 is 0. The van der Waals surface area contributed by atoms with Crippen molar-refractivity contribution in [3.63, 3.8) is 0 Å². The first-order chi connectivity index (χ1) is 9.04. The molecule has 0 saturated carbocycles. The summed E-state index contributed by atoms with van der Waals surface area (Å²) in [7, 11) is 1.37. The van der Waals surface area contributed by atoms with Crippen LogP contribution in [0.1, 0.15) is 12.5 Å². The highest BCUT2D eigenvalue weighted by atomic mass is 16.5. The lowest BCUT2D eigenvalue weighted by molar-refractivity contribution is -0.142. The molecule has 0 heterocycles. The van der Waals surface area contributed by atoms with Gasteiger partial charge in [-0.25, -0.2) is 9.59 Å². The van der Waals surface area contributed by atoms with Crippen LogP contribution in [0, 0.1) is 0 Å². The third-order valence-electron chi connectivity index (χ3n) is 2.59. The minimum Gasteiger partial charge on any atom is -0.480 e. The molecular formula is C13H17NO5. The molecule has 19 heavy (non-hydrogen) atoms. The molecule has 6 heteroatoms. The Hall–Kier alpha value is -2.08. The average Bonchev–Trinajstić information content (AvgIpc) is 2.42. The summed E-state index contributed by atoms with van der Waals surface area (Å²) in [6, 6.07) is 7.96. The molecule has 0 fully saturated rings. The van der Waals surface area contributed by atoms with Crippen molar-refractivity contribution in [1.29, 1.82) is 0 Å². The highest BCUT2D eigenvalue weighted by molar-refractivity contribution is 5.80. The van der Waals surface area contributed by atoms with Gasteiger partial charge in [0.15, 0.2) is 6.04 Å². The summed E-state index contributed by atoms with van der Waals surface area (Å²) < 4.78 is 9.82. The minimum absolute atomic E-state index is 0.0837. The zero-order chi connectivity index (χ0) is 14.3. The lowest BCUT2D eigenvalue weighted by Crippen LogP contribution is -2.48. The number of nitrogens with one attached hydrogen (secondary N) is 1. The second kappa shape index (κ2) is 7.38. The van der Waals surface area contributed by atoms with Gasteiger partial charge in [-0.1, -0.05) is 30.3 Å². The number of carboxylic acids is 1. The first-order valence-corrected chi connectivity index (χ1v) is 5.77. The number of alkyl carbamates (subject to hydrolysis) is 1. The number of hydrogen-bond donors (Lipinski definition) is 2. The monoisotopic (exact) mass is 267 g/mol. The summed E-state index contributed by atoms with van der Waals surface area (Å²) in [6.45, 7) is 1.64. The molecule has 0 saturated heterocycles. The van der Waals surface area contributed by atoms with Crippen LogP contribution in [0.25, 0.3) is 0 Å². The standard InChI is InChI=1S/C13H17NO5/c1-9(18-2)11(12(15)16)14-13(17)19-8-10-6-4-3-5-7-10/h3-7,9,11H,8H2,1-2H3,(H,14,17)(H,15,16)/t9-,11-/m0/s1. The fourth-order valence-electron chi connectivity index (χ4n) is 1.41. The van der Waals surface area contributed by atoms with E-state index in [2.05, 4.69) is 5.32 Å². The number of hydrogen-bond acceptors (Lipinski definition) is 4. The number of carbonyl (C=O) groups excluding carboxylic acids is 1. The molecule has 0 spiro atoms. The number of rotatable bonds is 6. The Morgan fingerprint density at radius 2 is 1.95 bits per heavy atom. The van der Waals surface area contributed by atoms with Gasteiger partial charge in [0.05, 0.1) is 6.10 Å².